The first-order chi connectivity index (χ1) is 14.2. The summed E-state index contributed by atoms with van der Waals surface area (Å²) in [6.07, 6.45) is 9.01. The standard InChI is InChI=1S/C23H29FN4O2/c1-15-20(13-28(27-15)19-8-5-17(24)6-9-19)22(29)26-18-7-10-21(16(11-18)12-25)30-14-23(2,3)4/h5,7-8,11,13,17,19,21H,6,9-10,14H2,1-4H3,(H,26,29). The number of hydrogen-bond donors (Lipinski definition) is 1. The first-order valence-electron chi connectivity index (χ1n) is 10.3. The number of ether oxygens (including phenoxy) is 1. The summed E-state index contributed by atoms with van der Waals surface area (Å²) in [7, 11) is 0. The van der Waals surface area contributed by atoms with Crippen LogP contribution < -0.4 is 5.32 Å². The maximum absolute atomic E-state index is 13.3. The van der Waals surface area contributed by atoms with E-state index in [4.69, 9.17) is 4.74 Å². The Bertz CT molecular complexity index is 930. The van der Waals surface area contributed by atoms with Crippen molar-refractivity contribution >= 4 is 5.91 Å². The number of halogens is 1. The van der Waals surface area contributed by atoms with Crippen molar-refractivity contribution in [2.75, 3.05) is 6.61 Å². The Balaban J connectivity index is 1.67. The van der Waals surface area contributed by atoms with E-state index >= 15 is 0 Å². The topological polar surface area (TPSA) is 79.9 Å². The number of hydrogen-bond acceptors (Lipinski definition) is 4. The highest BCUT2D eigenvalue weighted by molar-refractivity contribution is 5.96. The van der Waals surface area contributed by atoms with Crippen LogP contribution in [0.1, 0.15) is 62.1 Å². The molecule has 1 aromatic heterocycles. The zero-order chi connectivity index (χ0) is 21.9. The Kier molecular flexibility index (Phi) is 6.57. The number of nitriles is 1. The number of allylic oxidation sites excluding steroid dienone is 3. The van der Waals surface area contributed by atoms with Gasteiger partial charge in [0.1, 0.15) is 6.17 Å². The van der Waals surface area contributed by atoms with Crippen LogP contribution >= 0.6 is 0 Å². The summed E-state index contributed by atoms with van der Waals surface area (Å²) in [6, 6.07) is 2.14. The van der Waals surface area contributed by atoms with Gasteiger partial charge in [-0.25, -0.2) is 4.39 Å². The second-order valence-electron chi connectivity index (χ2n) is 9.07. The number of aromatic nitrogens is 2. The molecule has 2 aliphatic rings. The molecule has 0 aliphatic heterocycles. The lowest BCUT2D eigenvalue weighted by Crippen LogP contribution is -2.28. The monoisotopic (exact) mass is 412 g/mol. The Labute approximate surface area is 177 Å². The molecule has 30 heavy (non-hydrogen) atoms. The molecule has 7 heteroatoms. The Morgan fingerprint density at radius 1 is 1.40 bits per heavy atom. The lowest BCUT2D eigenvalue weighted by molar-refractivity contribution is 0.0305. The van der Waals surface area contributed by atoms with Crippen molar-refractivity contribution in [1.29, 1.82) is 5.26 Å². The van der Waals surface area contributed by atoms with Crippen LogP contribution in [0.4, 0.5) is 4.39 Å². The van der Waals surface area contributed by atoms with Crippen molar-refractivity contribution in [3.63, 3.8) is 0 Å². The van der Waals surface area contributed by atoms with Gasteiger partial charge in [0, 0.05) is 11.9 Å². The first kappa shape index (κ1) is 22.0. The molecule has 3 unspecified atom stereocenters. The average Bonchev–Trinajstić information content (AvgIpc) is 3.08. The predicted octanol–water partition coefficient (Wildman–Crippen LogP) is 4.32. The van der Waals surface area contributed by atoms with Crippen molar-refractivity contribution in [2.24, 2.45) is 5.41 Å². The second-order valence-corrected chi connectivity index (χ2v) is 9.07. The van der Waals surface area contributed by atoms with Gasteiger partial charge in [0.15, 0.2) is 0 Å². The SMILES string of the molecule is Cc1nn(C2C=CC(F)CC2)cc1C(=O)NC1=CCC(OCC(C)(C)C)C(C#N)=C1. The Morgan fingerprint density at radius 3 is 2.80 bits per heavy atom. The van der Waals surface area contributed by atoms with E-state index in [2.05, 4.69) is 37.3 Å². The summed E-state index contributed by atoms with van der Waals surface area (Å²) in [4.78, 5) is 12.8. The highest BCUT2D eigenvalue weighted by Gasteiger charge is 2.24. The van der Waals surface area contributed by atoms with Crippen molar-refractivity contribution in [3.05, 3.63) is 53.0 Å². The third-order valence-electron chi connectivity index (χ3n) is 5.10. The average molecular weight is 413 g/mol. The van der Waals surface area contributed by atoms with Crippen LogP contribution in [0.15, 0.2) is 41.8 Å². The number of carbonyl (C=O) groups excluding carboxylic acids is 1. The third kappa shape index (κ3) is 5.45. The van der Waals surface area contributed by atoms with Crippen LogP contribution in [0.3, 0.4) is 0 Å². The third-order valence-corrected chi connectivity index (χ3v) is 5.10. The molecule has 1 amide bonds. The summed E-state index contributed by atoms with van der Waals surface area (Å²) in [6.45, 7) is 8.55. The zero-order valence-corrected chi connectivity index (χ0v) is 18.0. The minimum atomic E-state index is -0.906. The quantitative estimate of drug-likeness (QED) is 0.731. The molecule has 6 nitrogen and oxygen atoms in total. The number of aryl methyl sites for hydroxylation is 1. The molecule has 0 bridgehead atoms. The largest absolute Gasteiger partial charge is 0.372 e. The van der Waals surface area contributed by atoms with E-state index in [1.165, 1.54) is 0 Å². The minimum Gasteiger partial charge on any atom is -0.372 e. The Morgan fingerprint density at radius 2 is 2.17 bits per heavy atom. The van der Waals surface area contributed by atoms with Crippen molar-refractivity contribution in [2.45, 2.75) is 65.3 Å². The lowest BCUT2D eigenvalue weighted by atomic mass is 9.97. The van der Waals surface area contributed by atoms with Crippen LogP contribution in [0.2, 0.25) is 0 Å². The molecule has 0 saturated heterocycles. The van der Waals surface area contributed by atoms with Gasteiger partial charge in [0.05, 0.1) is 41.7 Å². The second kappa shape index (κ2) is 8.97. The van der Waals surface area contributed by atoms with E-state index in [0.717, 1.165) is 0 Å². The predicted molar refractivity (Wildman–Crippen MR) is 112 cm³/mol. The molecule has 0 spiro atoms. The highest BCUT2D eigenvalue weighted by atomic mass is 19.1. The van der Waals surface area contributed by atoms with Crippen molar-refractivity contribution < 1.29 is 13.9 Å². The molecule has 3 atom stereocenters. The van der Waals surface area contributed by atoms with Crippen LogP contribution in [-0.2, 0) is 4.74 Å². The normalized spacial score (nSPS) is 24.1. The minimum absolute atomic E-state index is 0.00902. The number of amides is 1. The van der Waals surface area contributed by atoms with Gasteiger partial charge in [-0.15, -0.1) is 0 Å². The maximum Gasteiger partial charge on any atom is 0.259 e. The van der Waals surface area contributed by atoms with Crippen LogP contribution in [0.25, 0.3) is 0 Å². The van der Waals surface area contributed by atoms with Crippen molar-refractivity contribution in [3.8, 4) is 6.07 Å². The summed E-state index contributed by atoms with van der Waals surface area (Å²) in [5.41, 5.74) is 2.16. The van der Waals surface area contributed by atoms with E-state index in [1.807, 2.05) is 6.08 Å². The molecule has 0 aromatic carbocycles. The molecule has 3 rings (SSSR count). The fraction of sp³-hybridized carbons (Fsp3) is 0.522. The highest BCUT2D eigenvalue weighted by Crippen LogP contribution is 2.25. The molecule has 160 valence electrons. The van der Waals surface area contributed by atoms with Gasteiger partial charge in [-0.3, -0.25) is 9.48 Å². The summed E-state index contributed by atoms with van der Waals surface area (Å²) < 4.78 is 20.9. The molecule has 2 aliphatic carbocycles. The van der Waals surface area contributed by atoms with Gasteiger partial charge in [-0.05, 0) is 37.7 Å². The van der Waals surface area contributed by atoms with E-state index in [0.29, 0.717) is 48.4 Å². The van der Waals surface area contributed by atoms with E-state index in [1.54, 1.807) is 36.0 Å². The fourth-order valence-corrected chi connectivity index (χ4v) is 3.44. The van der Waals surface area contributed by atoms with Gasteiger partial charge < -0.3 is 10.1 Å². The number of nitrogens with zero attached hydrogens (tertiary/aromatic N) is 3. The van der Waals surface area contributed by atoms with Gasteiger partial charge in [0.25, 0.3) is 5.91 Å². The molecule has 1 N–H and O–H groups in total. The van der Waals surface area contributed by atoms with E-state index in [9.17, 15) is 14.4 Å². The number of carbonyl (C=O) groups is 1. The summed E-state index contributed by atoms with van der Waals surface area (Å²) in [5, 5.41) is 16.8. The molecule has 1 heterocycles. The molecule has 0 saturated carbocycles. The lowest BCUT2D eigenvalue weighted by Gasteiger charge is -2.25. The zero-order valence-electron chi connectivity index (χ0n) is 18.0. The van der Waals surface area contributed by atoms with Crippen LogP contribution in [0, 0.1) is 23.7 Å². The van der Waals surface area contributed by atoms with E-state index < -0.39 is 6.17 Å². The van der Waals surface area contributed by atoms with Gasteiger partial charge in [-0.1, -0.05) is 39.0 Å². The fourth-order valence-electron chi connectivity index (χ4n) is 3.44. The van der Waals surface area contributed by atoms with Crippen molar-refractivity contribution in [1.82, 2.24) is 15.1 Å². The molecular weight excluding hydrogens is 383 g/mol. The summed E-state index contributed by atoms with van der Waals surface area (Å²) in [5.74, 6) is -0.282. The van der Waals surface area contributed by atoms with Crippen LogP contribution in [-0.4, -0.2) is 34.6 Å². The smallest absolute Gasteiger partial charge is 0.259 e. The summed E-state index contributed by atoms with van der Waals surface area (Å²) >= 11 is 0. The molecule has 1 aromatic rings. The number of alkyl halides is 1. The van der Waals surface area contributed by atoms with Crippen LogP contribution in [0.5, 0.6) is 0 Å². The molecular formula is C23H29FN4O2. The maximum atomic E-state index is 13.3. The van der Waals surface area contributed by atoms with E-state index in [-0.39, 0.29) is 23.5 Å². The number of nitrogens with one attached hydrogen (secondary N) is 1. The Hall–Kier alpha value is -2.72. The number of rotatable bonds is 5. The molecule has 0 fully saturated rings. The molecule has 0 radical (unpaired) electrons. The van der Waals surface area contributed by atoms with Gasteiger partial charge in [-0.2, -0.15) is 10.4 Å². The van der Waals surface area contributed by atoms with Gasteiger partial charge in [0.2, 0.25) is 0 Å². The first-order valence-corrected chi connectivity index (χ1v) is 10.3. The van der Waals surface area contributed by atoms with Gasteiger partial charge >= 0.3 is 0 Å².